The van der Waals surface area contributed by atoms with Gasteiger partial charge in [0.15, 0.2) is 0 Å². The molecule has 2 rings (SSSR count). The highest BCUT2D eigenvalue weighted by molar-refractivity contribution is 5.91. The number of anilines is 1. The van der Waals surface area contributed by atoms with E-state index in [1.54, 1.807) is 0 Å². The lowest BCUT2D eigenvalue weighted by Crippen LogP contribution is -2.31. The second-order valence-electron chi connectivity index (χ2n) is 4.55. The minimum Gasteiger partial charge on any atom is -0.460 e. The van der Waals surface area contributed by atoms with E-state index in [-0.39, 0.29) is 30.3 Å². The minimum atomic E-state index is -0.780. The number of hydrogen-bond donors (Lipinski definition) is 2. The molecular formula is C13H16FN3O3. The van der Waals surface area contributed by atoms with Crippen LogP contribution in [0.2, 0.25) is 0 Å². The first-order valence-corrected chi connectivity index (χ1v) is 6.24. The van der Waals surface area contributed by atoms with Crippen LogP contribution in [0.5, 0.6) is 0 Å². The van der Waals surface area contributed by atoms with Gasteiger partial charge in [0, 0.05) is 18.8 Å². The van der Waals surface area contributed by atoms with E-state index in [1.807, 2.05) is 0 Å². The molecular weight excluding hydrogens is 265 g/mol. The van der Waals surface area contributed by atoms with E-state index in [2.05, 4.69) is 5.32 Å². The maximum Gasteiger partial charge on any atom is 0.341 e. The largest absolute Gasteiger partial charge is 0.460 e. The van der Waals surface area contributed by atoms with E-state index >= 15 is 0 Å². The van der Waals surface area contributed by atoms with E-state index in [4.69, 9.17) is 10.5 Å². The van der Waals surface area contributed by atoms with E-state index in [0.717, 1.165) is 0 Å². The molecule has 2 amide bonds. The lowest BCUT2D eigenvalue weighted by atomic mass is 10.1. The van der Waals surface area contributed by atoms with Gasteiger partial charge in [-0.2, -0.15) is 0 Å². The highest BCUT2D eigenvalue weighted by Crippen LogP contribution is 2.18. The number of carbonyl (C=O) groups excluding carboxylic acids is 2. The van der Waals surface area contributed by atoms with Gasteiger partial charge < -0.3 is 20.7 Å². The third-order valence-electron chi connectivity index (χ3n) is 3.04. The number of nitrogen functional groups attached to an aromatic ring is 1. The molecule has 1 aromatic rings. The first kappa shape index (κ1) is 14.1. The summed E-state index contributed by atoms with van der Waals surface area (Å²) in [5, 5.41) is 2.63. The highest BCUT2D eigenvalue weighted by atomic mass is 19.1. The molecule has 0 aliphatic carbocycles. The SMILES string of the molecule is Cc1cc(N)cc(C(=O)OCCN2CCNC2=O)c1F. The van der Waals surface area contributed by atoms with Gasteiger partial charge in [0.2, 0.25) is 0 Å². The normalized spacial score (nSPS) is 14.3. The molecule has 1 fully saturated rings. The predicted octanol–water partition coefficient (Wildman–Crippen LogP) is 0.898. The molecule has 0 bridgehead atoms. The molecule has 0 saturated carbocycles. The predicted molar refractivity (Wildman–Crippen MR) is 70.8 cm³/mol. The minimum absolute atomic E-state index is 0.0134. The molecule has 0 unspecified atom stereocenters. The number of halogens is 1. The van der Waals surface area contributed by atoms with Crippen molar-refractivity contribution in [1.29, 1.82) is 0 Å². The van der Waals surface area contributed by atoms with Crippen molar-refractivity contribution in [3.8, 4) is 0 Å². The summed E-state index contributed by atoms with van der Waals surface area (Å²) in [5.74, 6) is -1.42. The van der Waals surface area contributed by atoms with Gasteiger partial charge in [-0.05, 0) is 24.6 Å². The van der Waals surface area contributed by atoms with Crippen LogP contribution in [-0.4, -0.2) is 43.1 Å². The number of nitrogens with two attached hydrogens (primary N) is 1. The first-order chi connectivity index (χ1) is 9.49. The molecule has 108 valence electrons. The first-order valence-electron chi connectivity index (χ1n) is 6.24. The Bertz CT molecular complexity index is 548. The van der Waals surface area contributed by atoms with Crippen molar-refractivity contribution in [2.45, 2.75) is 6.92 Å². The summed E-state index contributed by atoms with van der Waals surface area (Å²) < 4.78 is 18.8. The average molecular weight is 281 g/mol. The smallest absolute Gasteiger partial charge is 0.341 e. The van der Waals surface area contributed by atoms with Gasteiger partial charge >= 0.3 is 12.0 Å². The zero-order valence-corrected chi connectivity index (χ0v) is 11.1. The summed E-state index contributed by atoms with van der Waals surface area (Å²) in [6, 6.07) is 2.50. The van der Waals surface area contributed by atoms with Crippen molar-refractivity contribution in [3.05, 3.63) is 29.1 Å². The summed E-state index contributed by atoms with van der Waals surface area (Å²) in [4.78, 5) is 24.6. The van der Waals surface area contributed by atoms with Crippen LogP contribution in [0.3, 0.4) is 0 Å². The number of ether oxygens (including phenoxy) is 1. The van der Waals surface area contributed by atoms with Gasteiger partial charge in [-0.15, -0.1) is 0 Å². The summed E-state index contributed by atoms with van der Waals surface area (Å²) in [5.41, 5.74) is 5.98. The van der Waals surface area contributed by atoms with Crippen LogP contribution in [0.25, 0.3) is 0 Å². The summed E-state index contributed by atoms with van der Waals surface area (Å²) >= 11 is 0. The molecule has 0 radical (unpaired) electrons. The molecule has 7 heteroatoms. The topological polar surface area (TPSA) is 84.7 Å². The van der Waals surface area contributed by atoms with Gasteiger partial charge in [-0.1, -0.05) is 0 Å². The Morgan fingerprint density at radius 1 is 1.55 bits per heavy atom. The maximum atomic E-state index is 13.8. The van der Waals surface area contributed by atoms with Crippen LogP contribution in [0.15, 0.2) is 12.1 Å². The Kier molecular flexibility index (Phi) is 4.07. The van der Waals surface area contributed by atoms with Crippen molar-refractivity contribution < 1.29 is 18.7 Å². The Morgan fingerprint density at radius 3 is 2.95 bits per heavy atom. The summed E-state index contributed by atoms with van der Waals surface area (Å²) in [7, 11) is 0. The average Bonchev–Trinajstić information content (AvgIpc) is 2.79. The summed E-state index contributed by atoms with van der Waals surface area (Å²) in [6.07, 6.45) is 0. The lowest BCUT2D eigenvalue weighted by molar-refractivity contribution is 0.0476. The van der Waals surface area contributed by atoms with Crippen LogP contribution in [0.4, 0.5) is 14.9 Å². The molecule has 1 aliphatic rings. The second kappa shape index (κ2) is 5.77. The maximum absolute atomic E-state index is 13.8. The third-order valence-corrected chi connectivity index (χ3v) is 3.04. The quantitative estimate of drug-likeness (QED) is 0.634. The van der Waals surface area contributed by atoms with Crippen LogP contribution >= 0.6 is 0 Å². The fourth-order valence-electron chi connectivity index (χ4n) is 2.00. The molecule has 1 aromatic carbocycles. The second-order valence-corrected chi connectivity index (χ2v) is 4.55. The standard InChI is InChI=1S/C13H16FN3O3/c1-8-6-9(15)7-10(11(8)14)12(18)20-5-4-17-3-2-16-13(17)19/h6-7H,2-5,15H2,1H3,(H,16,19). The van der Waals surface area contributed by atoms with E-state index in [9.17, 15) is 14.0 Å². The van der Waals surface area contributed by atoms with Crippen molar-refractivity contribution in [1.82, 2.24) is 10.2 Å². The zero-order chi connectivity index (χ0) is 14.7. The highest BCUT2D eigenvalue weighted by Gasteiger charge is 2.20. The van der Waals surface area contributed by atoms with Crippen LogP contribution in [0.1, 0.15) is 15.9 Å². The van der Waals surface area contributed by atoms with Crippen LogP contribution < -0.4 is 11.1 Å². The number of urea groups is 1. The van der Waals surface area contributed by atoms with Gasteiger partial charge in [-0.25, -0.2) is 14.0 Å². The molecule has 6 nitrogen and oxygen atoms in total. The number of nitrogens with one attached hydrogen (secondary N) is 1. The molecule has 0 aromatic heterocycles. The Hall–Kier alpha value is -2.31. The number of benzene rings is 1. The number of rotatable bonds is 4. The van der Waals surface area contributed by atoms with E-state index in [0.29, 0.717) is 18.8 Å². The lowest BCUT2D eigenvalue weighted by Gasteiger charge is -2.14. The number of hydrogen-bond acceptors (Lipinski definition) is 4. The number of esters is 1. The number of carbonyl (C=O) groups is 2. The Morgan fingerprint density at radius 2 is 2.30 bits per heavy atom. The molecule has 0 spiro atoms. The molecule has 1 heterocycles. The van der Waals surface area contributed by atoms with E-state index < -0.39 is 11.8 Å². The number of aryl methyl sites for hydroxylation is 1. The monoisotopic (exact) mass is 281 g/mol. The van der Waals surface area contributed by atoms with Gasteiger partial charge in [0.25, 0.3) is 0 Å². The fraction of sp³-hybridized carbons (Fsp3) is 0.385. The third kappa shape index (κ3) is 2.98. The van der Waals surface area contributed by atoms with Gasteiger partial charge in [0.05, 0.1) is 12.1 Å². The number of amides is 2. The van der Waals surface area contributed by atoms with E-state index in [1.165, 1.54) is 24.0 Å². The Balaban J connectivity index is 1.93. The van der Waals surface area contributed by atoms with Crippen LogP contribution in [-0.2, 0) is 4.74 Å². The van der Waals surface area contributed by atoms with Crippen molar-refractivity contribution in [2.24, 2.45) is 0 Å². The zero-order valence-electron chi connectivity index (χ0n) is 11.1. The fourth-order valence-corrected chi connectivity index (χ4v) is 2.00. The van der Waals surface area contributed by atoms with Gasteiger partial charge in [-0.3, -0.25) is 0 Å². The number of nitrogens with zero attached hydrogens (tertiary/aromatic N) is 1. The van der Waals surface area contributed by atoms with Gasteiger partial charge in [0.1, 0.15) is 12.4 Å². The van der Waals surface area contributed by atoms with Crippen molar-refractivity contribution >= 4 is 17.7 Å². The molecule has 0 atom stereocenters. The molecule has 3 N–H and O–H groups in total. The molecule has 20 heavy (non-hydrogen) atoms. The molecule has 1 saturated heterocycles. The Labute approximate surface area is 115 Å². The van der Waals surface area contributed by atoms with Crippen molar-refractivity contribution in [3.63, 3.8) is 0 Å². The van der Waals surface area contributed by atoms with Crippen LogP contribution in [0, 0.1) is 12.7 Å². The summed E-state index contributed by atoms with van der Waals surface area (Å²) in [6.45, 7) is 2.97. The molecule has 1 aliphatic heterocycles. The van der Waals surface area contributed by atoms with Crippen molar-refractivity contribution in [2.75, 3.05) is 32.0 Å².